The molecule has 3 heteroatoms. The van der Waals surface area contributed by atoms with Gasteiger partial charge in [0.05, 0.1) is 0 Å². The number of carbonyl (C=O) groups is 1. The third-order valence-corrected chi connectivity index (χ3v) is 3.65. The maximum atomic E-state index is 11.5. The van der Waals surface area contributed by atoms with Crippen molar-refractivity contribution >= 4 is 11.6 Å². The minimum atomic E-state index is -0.0658. The van der Waals surface area contributed by atoms with Crippen molar-refractivity contribution in [1.82, 2.24) is 5.32 Å². The highest BCUT2D eigenvalue weighted by Gasteiger charge is 2.09. The van der Waals surface area contributed by atoms with Crippen LogP contribution in [0.5, 0.6) is 0 Å². The van der Waals surface area contributed by atoms with Crippen LogP contribution in [-0.4, -0.2) is 13.0 Å². The summed E-state index contributed by atoms with van der Waals surface area (Å²) in [4.78, 5) is 11.5. The Hall–Kier alpha value is -2.29. The molecule has 3 nitrogen and oxygen atoms in total. The number of benzene rings is 2. The second-order valence-corrected chi connectivity index (χ2v) is 5.38. The lowest BCUT2D eigenvalue weighted by Gasteiger charge is -2.18. The van der Waals surface area contributed by atoms with Crippen molar-refractivity contribution in [3.05, 3.63) is 64.7 Å². The fraction of sp³-hybridized carbons (Fsp3) is 0.278. The summed E-state index contributed by atoms with van der Waals surface area (Å²) in [6.45, 7) is 6.38. The highest BCUT2D eigenvalue weighted by molar-refractivity contribution is 5.94. The molecule has 1 unspecified atom stereocenters. The van der Waals surface area contributed by atoms with Gasteiger partial charge in [-0.3, -0.25) is 4.79 Å². The molecule has 0 heterocycles. The molecule has 2 aromatic carbocycles. The number of nitrogens with one attached hydrogen (secondary N) is 2. The number of hydrogen-bond donors (Lipinski definition) is 2. The van der Waals surface area contributed by atoms with Crippen molar-refractivity contribution in [3.63, 3.8) is 0 Å². The van der Waals surface area contributed by atoms with Crippen LogP contribution >= 0.6 is 0 Å². The van der Waals surface area contributed by atoms with Crippen LogP contribution in [0.1, 0.15) is 40.0 Å². The first-order valence-electron chi connectivity index (χ1n) is 7.17. The van der Waals surface area contributed by atoms with E-state index in [9.17, 15) is 4.79 Å². The third kappa shape index (κ3) is 3.63. The van der Waals surface area contributed by atoms with Gasteiger partial charge >= 0.3 is 0 Å². The zero-order valence-corrected chi connectivity index (χ0v) is 13.0. The van der Waals surface area contributed by atoms with Crippen molar-refractivity contribution in [3.8, 4) is 0 Å². The van der Waals surface area contributed by atoms with Crippen molar-refractivity contribution < 1.29 is 4.79 Å². The van der Waals surface area contributed by atoms with Crippen LogP contribution in [0.25, 0.3) is 0 Å². The summed E-state index contributed by atoms with van der Waals surface area (Å²) >= 11 is 0. The molecule has 110 valence electrons. The first kappa shape index (κ1) is 15.1. The Balaban J connectivity index is 2.12. The van der Waals surface area contributed by atoms with Crippen LogP contribution < -0.4 is 10.6 Å². The predicted molar refractivity (Wildman–Crippen MR) is 87.8 cm³/mol. The molecule has 2 N–H and O–H groups in total. The van der Waals surface area contributed by atoms with Gasteiger partial charge in [-0.2, -0.15) is 0 Å². The molecule has 2 aromatic rings. The topological polar surface area (TPSA) is 41.1 Å². The lowest BCUT2D eigenvalue weighted by Crippen LogP contribution is -2.17. The van der Waals surface area contributed by atoms with Gasteiger partial charge in [-0.1, -0.05) is 23.8 Å². The van der Waals surface area contributed by atoms with E-state index in [1.807, 2.05) is 24.3 Å². The number of hydrogen-bond acceptors (Lipinski definition) is 2. The zero-order valence-electron chi connectivity index (χ0n) is 13.0. The molecule has 0 aliphatic carbocycles. The minimum Gasteiger partial charge on any atom is -0.379 e. The average molecular weight is 282 g/mol. The van der Waals surface area contributed by atoms with Crippen molar-refractivity contribution in [1.29, 1.82) is 0 Å². The Morgan fingerprint density at radius 1 is 1.05 bits per heavy atom. The maximum Gasteiger partial charge on any atom is 0.251 e. The monoisotopic (exact) mass is 282 g/mol. The van der Waals surface area contributed by atoms with Gasteiger partial charge in [0.2, 0.25) is 0 Å². The summed E-state index contributed by atoms with van der Waals surface area (Å²) in [6.07, 6.45) is 0. The fourth-order valence-corrected chi connectivity index (χ4v) is 2.50. The lowest BCUT2D eigenvalue weighted by atomic mass is 10.00. The van der Waals surface area contributed by atoms with Gasteiger partial charge in [0, 0.05) is 24.3 Å². The molecule has 0 bridgehead atoms. The van der Waals surface area contributed by atoms with E-state index >= 15 is 0 Å². The predicted octanol–water partition coefficient (Wildman–Crippen LogP) is 3.84. The smallest absolute Gasteiger partial charge is 0.251 e. The summed E-state index contributed by atoms with van der Waals surface area (Å²) in [7, 11) is 1.64. The molecular formula is C18H22N2O. The van der Waals surface area contributed by atoms with E-state index in [2.05, 4.69) is 49.6 Å². The molecule has 0 aliphatic rings. The van der Waals surface area contributed by atoms with Crippen LogP contribution in [-0.2, 0) is 0 Å². The second kappa shape index (κ2) is 6.44. The fourth-order valence-electron chi connectivity index (χ4n) is 2.50. The van der Waals surface area contributed by atoms with Crippen molar-refractivity contribution in [2.45, 2.75) is 26.8 Å². The first-order valence-corrected chi connectivity index (χ1v) is 7.17. The van der Waals surface area contributed by atoms with E-state index in [1.54, 1.807) is 7.05 Å². The van der Waals surface area contributed by atoms with Gasteiger partial charge in [-0.05, 0) is 56.2 Å². The van der Waals surface area contributed by atoms with E-state index < -0.39 is 0 Å². The van der Waals surface area contributed by atoms with Gasteiger partial charge in [0.1, 0.15) is 0 Å². The molecule has 1 amide bonds. The Morgan fingerprint density at radius 2 is 1.71 bits per heavy atom. The molecule has 0 spiro atoms. The molecule has 0 saturated carbocycles. The van der Waals surface area contributed by atoms with E-state index in [4.69, 9.17) is 0 Å². The summed E-state index contributed by atoms with van der Waals surface area (Å²) in [5.74, 6) is -0.0658. The molecular weight excluding hydrogens is 260 g/mol. The third-order valence-electron chi connectivity index (χ3n) is 3.65. The van der Waals surface area contributed by atoms with Crippen molar-refractivity contribution in [2.75, 3.05) is 12.4 Å². The molecule has 0 aromatic heterocycles. The van der Waals surface area contributed by atoms with Crippen LogP contribution in [0, 0.1) is 13.8 Å². The Morgan fingerprint density at radius 3 is 2.29 bits per heavy atom. The minimum absolute atomic E-state index is 0.0658. The Bertz CT molecular complexity index is 632. The Kier molecular flexibility index (Phi) is 4.63. The second-order valence-electron chi connectivity index (χ2n) is 5.38. The number of rotatable bonds is 4. The number of carbonyl (C=O) groups excluding carboxylic acids is 1. The molecule has 2 rings (SSSR count). The normalized spacial score (nSPS) is 11.8. The van der Waals surface area contributed by atoms with Gasteiger partial charge in [-0.15, -0.1) is 0 Å². The molecule has 0 radical (unpaired) electrons. The van der Waals surface area contributed by atoms with Crippen LogP contribution in [0.15, 0.2) is 42.5 Å². The zero-order chi connectivity index (χ0) is 15.4. The molecule has 21 heavy (non-hydrogen) atoms. The molecule has 0 aliphatic heterocycles. The molecule has 0 fully saturated rings. The lowest BCUT2D eigenvalue weighted by molar-refractivity contribution is 0.0963. The maximum absolute atomic E-state index is 11.5. The molecule has 1 atom stereocenters. The summed E-state index contributed by atoms with van der Waals surface area (Å²) in [5, 5.41) is 6.09. The SMILES string of the molecule is CNC(=O)c1ccc(NC(C)c2ccc(C)cc2C)cc1. The Labute approximate surface area is 126 Å². The van der Waals surface area contributed by atoms with E-state index in [-0.39, 0.29) is 11.9 Å². The van der Waals surface area contributed by atoms with Crippen LogP contribution in [0.4, 0.5) is 5.69 Å². The van der Waals surface area contributed by atoms with Gasteiger partial charge in [0.15, 0.2) is 0 Å². The molecule has 0 saturated heterocycles. The van der Waals surface area contributed by atoms with Crippen LogP contribution in [0.3, 0.4) is 0 Å². The van der Waals surface area contributed by atoms with Crippen LogP contribution in [0.2, 0.25) is 0 Å². The van der Waals surface area contributed by atoms with Crippen molar-refractivity contribution in [2.24, 2.45) is 0 Å². The summed E-state index contributed by atoms with van der Waals surface area (Å²) in [6, 6.07) is 14.2. The van der Waals surface area contributed by atoms with Gasteiger partial charge < -0.3 is 10.6 Å². The van der Waals surface area contributed by atoms with E-state index in [0.717, 1.165) is 5.69 Å². The van der Waals surface area contributed by atoms with E-state index in [0.29, 0.717) is 5.56 Å². The average Bonchev–Trinajstić information content (AvgIpc) is 2.47. The number of anilines is 1. The highest BCUT2D eigenvalue weighted by Crippen LogP contribution is 2.23. The number of aryl methyl sites for hydroxylation is 2. The number of amides is 1. The largest absolute Gasteiger partial charge is 0.379 e. The van der Waals surface area contributed by atoms with E-state index in [1.165, 1.54) is 16.7 Å². The standard InChI is InChI=1S/C18H22N2O/c1-12-5-10-17(13(2)11-12)14(3)20-16-8-6-15(7-9-16)18(21)19-4/h5-11,14,20H,1-4H3,(H,19,21). The first-order chi connectivity index (χ1) is 10.0. The van der Waals surface area contributed by atoms with Gasteiger partial charge in [0.25, 0.3) is 5.91 Å². The summed E-state index contributed by atoms with van der Waals surface area (Å²) in [5.41, 5.74) is 5.53. The summed E-state index contributed by atoms with van der Waals surface area (Å²) < 4.78 is 0. The quantitative estimate of drug-likeness (QED) is 0.894. The highest BCUT2D eigenvalue weighted by atomic mass is 16.1. The van der Waals surface area contributed by atoms with Gasteiger partial charge in [-0.25, -0.2) is 0 Å².